The molecule has 172 valence electrons. The summed E-state index contributed by atoms with van der Waals surface area (Å²) in [6, 6.07) is 9.94. The molecule has 7 nitrogen and oxygen atoms in total. The van der Waals surface area contributed by atoms with Gasteiger partial charge in [0.05, 0.1) is 5.02 Å². The summed E-state index contributed by atoms with van der Waals surface area (Å²) in [6.07, 6.45) is 3.72. The monoisotopic (exact) mass is 473 g/mol. The first kappa shape index (κ1) is 22.9. The first-order valence-corrected chi connectivity index (χ1v) is 10.8. The van der Waals surface area contributed by atoms with E-state index in [4.69, 9.17) is 11.6 Å². The van der Waals surface area contributed by atoms with E-state index in [1.54, 1.807) is 29.3 Å². The summed E-state index contributed by atoms with van der Waals surface area (Å²) in [6.45, 7) is 0.976. The number of hydrogen-bond acceptors (Lipinski definition) is 4. The van der Waals surface area contributed by atoms with Crippen molar-refractivity contribution in [3.63, 3.8) is 0 Å². The molecule has 1 aromatic heterocycles. The molecule has 3 amide bonds. The van der Waals surface area contributed by atoms with Crippen molar-refractivity contribution in [2.75, 3.05) is 18.1 Å². The highest BCUT2D eigenvalue weighted by Gasteiger charge is 2.29. The van der Waals surface area contributed by atoms with Crippen molar-refractivity contribution in [2.45, 2.75) is 25.4 Å². The molecule has 2 N–H and O–H groups in total. The zero-order valence-electron chi connectivity index (χ0n) is 17.6. The Balaban J connectivity index is 1.38. The molecule has 0 spiro atoms. The predicted octanol–water partition coefficient (Wildman–Crippen LogP) is 4.01. The molecule has 0 radical (unpaired) electrons. The van der Waals surface area contributed by atoms with Crippen LogP contribution in [0.15, 0.2) is 48.7 Å². The number of anilines is 1. The fraction of sp³-hybridized carbons (Fsp3) is 0.261. The summed E-state index contributed by atoms with van der Waals surface area (Å²) in [4.78, 5) is 30.3. The number of pyridine rings is 1. The number of hydrazine groups is 1. The van der Waals surface area contributed by atoms with Gasteiger partial charge < -0.3 is 10.2 Å². The number of rotatable bonds is 7. The number of carbonyl (C=O) groups excluding carboxylic acids is 2. The van der Waals surface area contributed by atoms with Crippen LogP contribution in [0.4, 0.5) is 19.4 Å². The lowest BCUT2D eigenvalue weighted by Crippen LogP contribution is -2.49. The first-order chi connectivity index (χ1) is 16.0. The lowest BCUT2D eigenvalue weighted by Gasteiger charge is -2.27. The minimum Gasteiger partial charge on any atom is -0.334 e. The highest BCUT2D eigenvalue weighted by Crippen LogP contribution is 2.22. The summed E-state index contributed by atoms with van der Waals surface area (Å²) in [5.74, 6) is -0.596. The number of amides is 3. The summed E-state index contributed by atoms with van der Waals surface area (Å²) in [5.41, 5.74) is 3.49. The van der Waals surface area contributed by atoms with Gasteiger partial charge in [-0.3, -0.25) is 4.79 Å². The quantitative estimate of drug-likeness (QED) is 0.401. The largest absolute Gasteiger partial charge is 0.334 e. The fourth-order valence-electron chi connectivity index (χ4n) is 3.88. The zero-order chi connectivity index (χ0) is 23.4. The van der Waals surface area contributed by atoms with Crippen molar-refractivity contribution in [1.82, 2.24) is 20.6 Å². The maximum Gasteiger partial charge on any atom is 0.317 e. The van der Waals surface area contributed by atoms with E-state index < -0.39 is 5.82 Å². The SMILES string of the molecule is O=CN(NC[C@@H]1CCCN1C(=O)NCc1cccc(F)c1Cl)c1cc2cc(F)ccc2cn1. The number of halogens is 3. The molecule has 0 unspecified atom stereocenters. The topological polar surface area (TPSA) is 77.6 Å². The van der Waals surface area contributed by atoms with Gasteiger partial charge in [0.25, 0.3) is 0 Å². The van der Waals surface area contributed by atoms with Gasteiger partial charge in [-0.2, -0.15) is 0 Å². The molecular weight excluding hydrogens is 452 g/mol. The minimum atomic E-state index is -0.536. The van der Waals surface area contributed by atoms with Crippen LogP contribution in [-0.4, -0.2) is 41.5 Å². The van der Waals surface area contributed by atoms with Crippen molar-refractivity contribution in [3.05, 3.63) is 70.9 Å². The summed E-state index contributed by atoms with van der Waals surface area (Å²) < 4.78 is 27.1. The first-order valence-electron chi connectivity index (χ1n) is 10.5. The number of hydrogen-bond donors (Lipinski definition) is 2. The van der Waals surface area contributed by atoms with E-state index in [1.165, 1.54) is 29.3 Å². The van der Waals surface area contributed by atoms with E-state index in [0.717, 1.165) is 18.2 Å². The van der Waals surface area contributed by atoms with Gasteiger partial charge in [0.1, 0.15) is 17.5 Å². The van der Waals surface area contributed by atoms with Crippen LogP contribution in [0.5, 0.6) is 0 Å². The second kappa shape index (κ2) is 10.1. The second-order valence-electron chi connectivity index (χ2n) is 7.73. The van der Waals surface area contributed by atoms with Crippen LogP contribution < -0.4 is 15.8 Å². The Morgan fingerprint density at radius 2 is 2.09 bits per heavy atom. The minimum absolute atomic E-state index is 0.0122. The Morgan fingerprint density at radius 1 is 1.24 bits per heavy atom. The van der Waals surface area contributed by atoms with Crippen molar-refractivity contribution < 1.29 is 18.4 Å². The van der Waals surface area contributed by atoms with Crippen molar-refractivity contribution >= 4 is 40.6 Å². The van der Waals surface area contributed by atoms with Gasteiger partial charge in [-0.15, -0.1) is 0 Å². The molecule has 1 aliphatic rings. The highest BCUT2D eigenvalue weighted by atomic mass is 35.5. The van der Waals surface area contributed by atoms with E-state index in [2.05, 4.69) is 15.7 Å². The van der Waals surface area contributed by atoms with Gasteiger partial charge in [-0.1, -0.05) is 23.7 Å². The number of urea groups is 1. The Kier molecular flexibility index (Phi) is 7.00. The molecule has 1 aliphatic heterocycles. The van der Waals surface area contributed by atoms with Crippen molar-refractivity contribution in [2.24, 2.45) is 0 Å². The number of benzene rings is 2. The number of nitrogens with one attached hydrogen (secondary N) is 2. The van der Waals surface area contributed by atoms with Gasteiger partial charge in [0, 0.05) is 37.3 Å². The third-order valence-corrected chi connectivity index (χ3v) is 6.04. The number of likely N-dealkylation sites (tertiary alicyclic amines) is 1. The molecule has 33 heavy (non-hydrogen) atoms. The maximum absolute atomic E-state index is 13.6. The molecule has 0 saturated carbocycles. The number of aromatic nitrogens is 1. The average Bonchev–Trinajstić information content (AvgIpc) is 3.28. The van der Waals surface area contributed by atoms with Gasteiger partial charge >= 0.3 is 6.03 Å². The standard InChI is InChI=1S/C23H22ClF2N5O2/c24-22-16(3-1-5-20(22)26)12-28-23(33)30-8-2-4-19(30)13-29-31(14-32)21-10-17-9-18(25)7-6-15(17)11-27-21/h1,3,5-7,9-11,14,19,29H,2,4,8,12-13H2,(H,28,33)/t19-/m0/s1. The summed E-state index contributed by atoms with van der Waals surface area (Å²) in [5, 5.41) is 5.35. The Labute approximate surface area is 194 Å². The molecule has 3 aromatic rings. The van der Waals surface area contributed by atoms with Crippen molar-refractivity contribution in [1.29, 1.82) is 0 Å². The molecule has 1 atom stereocenters. The van der Waals surface area contributed by atoms with E-state index in [-0.39, 0.29) is 29.5 Å². The molecule has 0 bridgehead atoms. The lowest BCUT2D eigenvalue weighted by atomic mass is 10.2. The smallest absolute Gasteiger partial charge is 0.317 e. The normalized spacial score (nSPS) is 15.6. The second-order valence-corrected chi connectivity index (χ2v) is 8.11. The van der Waals surface area contributed by atoms with E-state index >= 15 is 0 Å². The highest BCUT2D eigenvalue weighted by molar-refractivity contribution is 6.31. The van der Waals surface area contributed by atoms with Crippen LogP contribution in [0.25, 0.3) is 10.8 Å². The Bertz CT molecular complexity index is 1180. The van der Waals surface area contributed by atoms with Crippen LogP contribution in [0.3, 0.4) is 0 Å². The molecule has 1 fully saturated rings. The van der Waals surface area contributed by atoms with Gasteiger partial charge in [0.2, 0.25) is 6.41 Å². The Hall–Kier alpha value is -3.30. The lowest BCUT2D eigenvalue weighted by molar-refractivity contribution is -0.108. The third kappa shape index (κ3) is 5.20. The zero-order valence-corrected chi connectivity index (χ0v) is 18.4. The molecule has 0 aliphatic carbocycles. The predicted molar refractivity (Wildman–Crippen MR) is 122 cm³/mol. The van der Waals surface area contributed by atoms with Gasteiger partial charge in [0.15, 0.2) is 0 Å². The molecule has 4 rings (SSSR count). The van der Waals surface area contributed by atoms with Gasteiger partial charge in [-0.05, 0) is 54.1 Å². The molecule has 2 aromatic carbocycles. The van der Waals surface area contributed by atoms with Crippen molar-refractivity contribution in [3.8, 4) is 0 Å². The summed E-state index contributed by atoms with van der Waals surface area (Å²) in [7, 11) is 0. The molecular formula is C23H22ClF2N5O2. The summed E-state index contributed by atoms with van der Waals surface area (Å²) >= 11 is 5.95. The number of fused-ring (bicyclic) bond motifs is 1. The maximum atomic E-state index is 13.6. The Morgan fingerprint density at radius 3 is 2.91 bits per heavy atom. The van der Waals surface area contributed by atoms with Crippen LogP contribution in [-0.2, 0) is 11.3 Å². The molecule has 1 saturated heterocycles. The fourth-order valence-corrected chi connectivity index (χ4v) is 4.07. The molecule has 10 heteroatoms. The number of carbonyl (C=O) groups is 2. The number of nitrogens with zero attached hydrogens (tertiary/aromatic N) is 3. The van der Waals surface area contributed by atoms with Crippen LogP contribution in [0, 0.1) is 11.6 Å². The van der Waals surface area contributed by atoms with Crippen LogP contribution in [0.1, 0.15) is 18.4 Å². The average molecular weight is 474 g/mol. The van der Waals surface area contributed by atoms with Gasteiger partial charge in [-0.25, -0.2) is 29.0 Å². The van der Waals surface area contributed by atoms with E-state index in [9.17, 15) is 18.4 Å². The van der Waals surface area contributed by atoms with Crippen LogP contribution >= 0.6 is 11.6 Å². The third-order valence-electron chi connectivity index (χ3n) is 5.62. The van der Waals surface area contributed by atoms with Crippen LogP contribution in [0.2, 0.25) is 5.02 Å². The van der Waals surface area contributed by atoms with E-state index in [1.807, 2.05) is 0 Å². The van der Waals surface area contributed by atoms with E-state index in [0.29, 0.717) is 36.3 Å². The molecule has 2 heterocycles.